The fraction of sp³-hybridized carbons (Fsp3) is 0.571. The molecule has 5 nitrogen and oxygen atoms in total. The summed E-state index contributed by atoms with van der Waals surface area (Å²) >= 11 is 0. The zero-order chi connectivity index (χ0) is 14.3. The molecule has 0 aliphatic carbocycles. The lowest BCUT2D eigenvalue weighted by Gasteiger charge is -2.14. The van der Waals surface area contributed by atoms with Crippen LogP contribution in [0.1, 0.15) is 26.3 Å². The van der Waals surface area contributed by atoms with Gasteiger partial charge in [0.25, 0.3) is 0 Å². The number of pyridine rings is 1. The summed E-state index contributed by atoms with van der Waals surface area (Å²) < 4.78 is 10.5. The van der Waals surface area contributed by atoms with Gasteiger partial charge in [0.15, 0.2) is 0 Å². The van der Waals surface area contributed by atoms with Crippen molar-refractivity contribution in [3.8, 4) is 5.88 Å². The summed E-state index contributed by atoms with van der Waals surface area (Å²) in [6, 6.07) is 3.63. The Morgan fingerprint density at radius 1 is 1.42 bits per heavy atom. The summed E-state index contributed by atoms with van der Waals surface area (Å²) in [5.74, 6) is 0.840. The Labute approximate surface area is 114 Å². The molecule has 0 saturated carbocycles. The molecule has 19 heavy (non-hydrogen) atoms. The molecule has 106 valence electrons. The minimum atomic E-state index is -0.439. The number of carbonyl (C=O) groups excluding carboxylic acids is 1. The van der Waals surface area contributed by atoms with Crippen molar-refractivity contribution in [3.05, 3.63) is 23.9 Å². The highest BCUT2D eigenvalue weighted by atomic mass is 16.5. The standard InChI is InChI=1S/C14H22N2O3/c1-10(2)9-19-11(3)14(17)16-8-12-5-6-15-13(7-12)18-4/h5-7,10-11H,8-9H2,1-4H3,(H,16,17)/t11-/m0/s1. The van der Waals surface area contributed by atoms with Crippen molar-refractivity contribution in [3.63, 3.8) is 0 Å². The molecule has 0 bridgehead atoms. The van der Waals surface area contributed by atoms with E-state index in [-0.39, 0.29) is 5.91 Å². The number of carbonyl (C=O) groups is 1. The average molecular weight is 266 g/mol. The Bertz CT molecular complexity index is 407. The zero-order valence-electron chi connectivity index (χ0n) is 12.0. The maximum Gasteiger partial charge on any atom is 0.249 e. The molecular weight excluding hydrogens is 244 g/mol. The van der Waals surface area contributed by atoms with Crippen LogP contribution in [0.4, 0.5) is 0 Å². The molecule has 0 aromatic carbocycles. The summed E-state index contributed by atoms with van der Waals surface area (Å²) in [7, 11) is 1.56. The third-order valence-corrected chi connectivity index (χ3v) is 2.52. The van der Waals surface area contributed by atoms with E-state index in [0.717, 1.165) is 5.56 Å². The molecule has 1 heterocycles. The number of methoxy groups -OCH3 is 1. The van der Waals surface area contributed by atoms with Gasteiger partial charge in [0.05, 0.1) is 7.11 Å². The molecule has 0 aliphatic heterocycles. The van der Waals surface area contributed by atoms with Gasteiger partial charge in [-0.25, -0.2) is 4.98 Å². The van der Waals surface area contributed by atoms with Gasteiger partial charge in [-0.1, -0.05) is 13.8 Å². The molecule has 0 fully saturated rings. The smallest absolute Gasteiger partial charge is 0.249 e. The number of ether oxygens (including phenoxy) is 2. The van der Waals surface area contributed by atoms with Crippen LogP contribution >= 0.6 is 0 Å². The van der Waals surface area contributed by atoms with Crippen LogP contribution in [0.25, 0.3) is 0 Å². The van der Waals surface area contributed by atoms with Crippen LogP contribution < -0.4 is 10.1 Å². The van der Waals surface area contributed by atoms with Crippen molar-refractivity contribution >= 4 is 5.91 Å². The third kappa shape index (κ3) is 5.70. The van der Waals surface area contributed by atoms with Gasteiger partial charge in [0, 0.05) is 25.4 Å². The molecule has 0 saturated heterocycles. The van der Waals surface area contributed by atoms with Gasteiger partial charge in [-0.05, 0) is 24.5 Å². The van der Waals surface area contributed by atoms with Crippen LogP contribution in [0, 0.1) is 5.92 Å². The molecule has 0 unspecified atom stereocenters. The number of hydrogen-bond donors (Lipinski definition) is 1. The van der Waals surface area contributed by atoms with Crippen molar-refractivity contribution in [2.24, 2.45) is 5.92 Å². The third-order valence-electron chi connectivity index (χ3n) is 2.52. The van der Waals surface area contributed by atoms with Crippen molar-refractivity contribution < 1.29 is 14.3 Å². The first-order valence-corrected chi connectivity index (χ1v) is 6.41. The normalized spacial score (nSPS) is 12.3. The van der Waals surface area contributed by atoms with E-state index in [2.05, 4.69) is 10.3 Å². The van der Waals surface area contributed by atoms with E-state index in [1.807, 2.05) is 19.9 Å². The van der Waals surface area contributed by atoms with Gasteiger partial charge < -0.3 is 14.8 Å². The Morgan fingerprint density at radius 3 is 2.79 bits per heavy atom. The molecule has 0 radical (unpaired) electrons. The first-order chi connectivity index (χ1) is 9.02. The minimum absolute atomic E-state index is 0.114. The second-order valence-corrected chi connectivity index (χ2v) is 4.79. The number of nitrogens with zero attached hydrogens (tertiary/aromatic N) is 1. The SMILES string of the molecule is COc1cc(CNC(=O)[C@H](C)OCC(C)C)ccn1. The maximum atomic E-state index is 11.8. The highest BCUT2D eigenvalue weighted by Crippen LogP contribution is 2.08. The number of amides is 1. The lowest BCUT2D eigenvalue weighted by Crippen LogP contribution is -2.34. The van der Waals surface area contributed by atoms with Crippen LogP contribution in [0.5, 0.6) is 5.88 Å². The maximum absolute atomic E-state index is 11.8. The van der Waals surface area contributed by atoms with E-state index in [0.29, 0.717) is 24.9 Å². The Morgan fingerprint density at radius 2 is 2.16 bits per heavy atom. The molecule has 0 aliphatic rings. The Balaban J connectivity index is 2.40. The van der Waals surface area contributed by atoms with Crippen LogP contribution in [-0.4, -0.2) is 30.7 Å². The van der Waals surface area contributed by atoms with E-state index < -0.39 is 6.10 Å². The van der Waals surface area contributed by atoms with Gasteiger partial charge in [0.2, 0.25) is 11.8 Å². The van der Waals surface area contributed by atoms with Crippen LogP contribution in [-0.2, 0) is 16.1 Å². The molecular formula is C14H22N2O3. The van der Waals surface area contributed by atoms with Gasteiger partial charge in [-0.15, -0.1) is 0 Å². The number of rotatable bonds is 7. The second-order valence-electron chi connectivity index (χ2n) is 4.79. The molecule has 1 aromatic heterocycles. The first kappa shape index (κ1) is 15.4. The van der Waals surface area contributed by atoms with Crippen molar-refractivity contribution in [1.29, 1.82) is 0 Å². The van der Waals surface area contributed by atoms with Crippen molar-refractivity contribution in [2.45, 2.75) is 33.4 Å². The molecule has 1 atom stereocenters. The highest BCUT2D eigenvalue weighted by Gasteiger charge is 2.13. The van der Waals surface area contributed by atoms with E-state index in [1.54, 1.807) is 26.3 Å². The van der Waals surface area contributed by atoms with Gasteiger partial charge in [0.1, 0.15) is 6.10 Å². The predicted molar refractivity (Wildman–Crippen MR) is 72.9 cm³/mol. The lowest BCUT2D eigenvalue weighted by atomic mass is 10.2. The first-order valence-electron chi connectivity index (χ1n) is 6.41. The van der Waals surface area contributed by atoms with Gasteiger partial charge in [-0.3, -0.25) is 4.79 Å². The monoisotopic (exact) mass is 266 g/mol. The molecule has 1 rings (SSSR count). The number of hydrogen-bond acceptors (Lipinski definition) is 4. The van der Waals surface area contributed by atoms with Crippen molar-refractivity contribution in [2.75, 3.05) is 13.7 Å². The molecule has 1 amide bonds. The van der Waals surface area contributed by atoms with E-state index in [9.17, 15) is 4.79 Å². The van der Waals surface area contributed by atoms with Crippen LogP contribution in [0.3, 0.4) is 0 Å². The lowest BCUT2D eigenvalue weighted by molar-refractivity contribution is -0.132. The van der Waals surface area contributed by atoms with Gasteiger partial charge in [-0.2, -0.15) is 0 Å². The van der Waals surface area contributed by atoms with Crippen molar-refractivity contribution in [1.82, 2.24) is 10.3 Å². The summed E-state index contributed by atoms with van der Waals surface area (Å²) in [5.41, 5.74) is 0.941. The quantitative estimate of drug-likeness (QED) is 0.817. The summed E-state index contributed by atoms with van der Waals surface area (Å²) in [4.78, 5) is 15.8. The molecule has 1 N–H and O–H groups in total. The Kier molecular flexibility index (Phi) is 6.29. The summed E-state index contributed by atoms with van der Waals surface area (Å²) in [5, 5.41) is 2.83. The van der Waals surface area contributed by atoms with E-state index in [4.69, 9.17) is 9.47 Å². The number of nitrogens with one attached hydrogen (secondary N) is 1. The van der Waals surface area contributed by atoms with E-state index in [1.165, 1.54) is 0 Å². The Hall–Kier alpha value is -1.62. The fourth-order valence-electron chi connectivity index (χ4n) is 1.42. The fourth-order valence-corrected chi connectivity index (χ4v) is 1.42. The van der Waals surface area contributed by atoms with Gasteiger partial charge >= 0.3 is 0 Å². The predicted octanol–water partition coefficient (Wildman–Crippen LogP) is 1.77. The van der Waals surface area contributed by atoms with Crippen LogP contribution in [0.15, 0.2) is 18.3 Å². The zero-order valence-corrected chi connectivity index (χ0v) is 12.0. The topological polar surface area (TPSA) is 60.5 Å². The average Bonchev–Trinajstić information content (AvgIpc) is 2.42. The summed E-state index contributed by atoms with van der Waals surface area (Å²) in [6.45, 7) is 6.87. The molecule has 0 spiro atoms. The number of aromatic nitrogens is 1. The van der Waals surface area contributed by atoms with E-state index >= 15 is 0 Å². The largest absolute Gasteiger partial charge is 0.481 e. The highest BCUT2D eigenvalue weighted by molar-refractivity contribution is 5.80. The molecule has 5 heteroatoms. The molecule has 1 aromatic rings. The van der Waals surface area contributed by atoms with Crippen LogP contribution in [0.2, 0.25) is 0 Å². The minimum Gasteiger partial charge on any atom is -0.481 e. The summed E-state index contributed by atoms with van der Waals surface area (Å²) in [6.07, 6.45) is 1.21. The second kappa shape index (κ2) is 7.74.